The molecule has 0 fully saturated rings. The molecule has 0 radical (unpaired) electrons. The van der Waals surface area contributed by atoms with Crippen LogP contribution in [-0.4, -0.2) is 11.9 Å². The fourth-order valence-electron chi connectivity index (χ4n) is 1.92. The average molecular weight is 248 g/mol. The Kier molecular flexibility index (Phi) is 4.91. The molecule has 0 aliphatic carbocycles. The average Bonchev–Trinajstić information content (AvgIpc) is 2.30. The minimum Gasteiger partial charge on any atom is -0.348 e. The normalized spacial score (nSPS) is 14.4. The molecule has 0 spiro atoms. The number of aryl methyl sites for hydroxylation is 2. The summed E-state index contributed by atoms with van der Waals surface area (Å²) < 4.78 is 0. The molecule has 1 unspecified atom stereocenters. The van der Waals surface area contributed by atoms with E-state index in [1.165, 1.54) is 11.1 Å². The monoisotopic (exact) mass is 248 g/mol. The van der Waals surface area contributed by atoms with Gasteiger partial charge >= 0.3 is 0 Å². The molecule has 100 valence electrons. The number of carbonyl (C=O) groups is 1. The zero-order valence-corrected chi connectivity index (χ0v) is 11.9. The quantitative estimate of drug-likeness (QED) is 0.860. The summed E-state index contributed by atoms with van der Waals surface area (Å²) in [6.07, 6.45) is 0. The first-order valence-electron chi connectivity index (χ1n) is 6.46. The van der Waals surface area contributed by atoms with Crippen molar-refractivity contribution in [1.82, 2.24) is 5.32 Å². The third-order valence-electron chi connectivity index (χ3n) is 3.28. The Labute approximate surface area is 110 Å². The lowest BCUT2D eigenvalue weighted by Gasteiger charge is -2.21. The lowest BCUT2D eigenvalue weighted by Crippen LogP contribution is -2.44. The standard InChI is InChI=1S/C15H24N2O/c1-9(2)14(16)15(18)17-12(5)13-8-10(3)6-7-11(13)4/h6-9,12,14H,16H2,1-5H3,(H,17,18)/t12?,14-/m1/s1. The molecule has 1 rings (SSSR count). The van der Waals surface area contributed by atoms with Crippen molar-refractivity contribution in [2.75, 3.05) is 0 Å². The highest BCUT2D eigenvalue weighted by Gasteiger charge is 2.20. The van der Waals surface area contributed by atoms with E-state index >= 15 is 0 Å². The Bertz CT molecular complexity index is 427. The molecule has 0 aliphatic heterocycles. The van der Waals surface area contributed by atoms with Gasteiger partial charge in [-0.1, -0.05) is 37.6 Å². The number of benzene rings is 1. The zero-order chi connectivity index (χ0) is 13.9. The molecule has 1 amide bonds. The molecule has 3 nitrogen and oxygen atoms in total. The smallest absolute Gasteiger partial charge is 0.237 e. The van der Waals surface area contributed by atoms with Crippen molar-refractivity contribution < 1.29 is 4.79 Å². The summed E-state index contributed by atoms with van der Waals surface area (Å²) in [4.78, 5) is 11.9. The van der Waals surface area contributed by atoms with Crippen LogP contribution in [0.25, 0.3) is 0 Å². The van der Waals surface area contributed by atoms with Crippen molar-refractivity contribution >= 4 is 5.91 Å². The SMILES string of the molecule is Cc1ccc(C)c(C(C)NC(=O)[C@H](N)C(C)C)c1. The van der Waals surface area contributed by atoms with Crippen molar-refractivity contribution in [2.45, 2.75) is 46.7 Å². The summed E-state index contributed by atoms with van der Waals surface area (Å²) in [5.74, 6) is 0.0641. The molecule has 0 bridgehead atoms. The summed E-state index contributed by atoms with van der Waals surface area (Å²) in [7, 11) is 0. The first-order valence-corrected chi connectivity index (χ1v) is 6.46. The minimum atomic E-state index is -0.447. The van der Waals surface area contributed by atoms with Gasteiger partial charge in [0.05, 0.1) is 12.1 Å². The van der Waals surface area contributed by atoms with Crippen molar-refractivity contribution in [3.05, 3.63) is 34.9 Å². The fraction of sp³-hybridized carbons (Fsp3) is 0.533. The van der Waals surface area contributed by atoms with Crippen LogP contribution in [-0.2, 0) is 4.79 Å². The summed E-state index contributed by atoms with van der Waals surface area (Å²) in [6.45, 7) is 10.0. The molecule has 0 saturated carbocycles. The van der Waals surface area contributed by atoms with E-state index in [0.29, 0.717) is 0 Å². The van der Waals surface area contributed by atoms with Crippen LogP contribution < -0.4 is 11.1 Å². The van der Waals surface area contributed by atoms with Crippen LogP contribution in [0, 0.1) is 19.8 Å². The van der Waals surface area contributed by atoms with Crippen molar-refractivity contribution in [1.29, 1.82) is 0 Å². The van der Waals surface area contributed by atoms with Crippen LogP contribution in [0.4, 0.5) is 0 Å². The molecule has 18 heavy (non-hydrogen) atoms. The topological polar surface area (TPSA) is 55.1 Å². The minimum absolute atomic E-state index is 0.0119. The van der Waals surface area contributed by atoms with Gasteiger partial charge in [0.25, 0.3) is 0 Å². The van der Waals surface area contributed by atoms with Gasteiger partial charge in [0.15, 0.2) is 0 Å². The zero-order valence-electron chi connectivity index (χ0n) is 11.9. The van der Waals surface area contributed by atoms with E-state index in [2.05, 4.69) is 37.4 Å². The van der Waals surface area contributed by atoms with Crippen molar-refractivity contribution in [3.8, 4) is 0 Å². The van der Waals surface area contributed by atoms with Crippen LogP contribution in [0.2, 0.25) is 0 Å². The van der Waals surface area contributed by atoms with Crippen LogP contribution >= 0.6 is 0 Å². The predicted molar refractivity (Wildman–Crippen MR) is 75.3 cm³/mol. The maximum atomic E-state index is 11.9. The molecule has 0 heterocycles. The molecule has 3 N–H and O–H groups in total. The maximum absolute atomic E-state index is 11.9. The molecule has 0 aliphatic rings. The Morgan fingerprint density at radius 1 is 1.22 bits per heavy atom. The maximum Gasteiger partial charge on any atom is 0.237 e. The third kappa shape index (κ3) is 3.57. The van der Waals surface area contributed by atoms with Crippen molar-refractivity contribution in [2.24, 2.45) is 11.7 Å². The summed E-state index contributed by atoms with van der Waals surface area (Å²) in [6, 6.07) is 5.81. The van der Waals surface area contributed by atoms with Gasteiger partial charge in [0.1, 0.15) is 0 Å². The van der Waals surface area contributed by atoms with Crippen LogP contribution in [0.1, 0.15) is 43.5 Å². The highest BCUT2D eigenvalue weighted by Crippen LogP contribution is 2.19. The van der Waals surface area contributed by atoms with Gasteiger partial charge in [0, 0.05) is 0 Å². The molecule has 0 saturated heterocycles. The van der Waals surface area contributed by atoms with Gasteiger partial charge in [-0.2, -0.15) is 0 Å². The number of nitrogens with two attached hydrogens (primary N) is 1. The Hall–Kier alpha value is -1.35. The first-order chi connectivity index (χ1) is 8.32. The fourth-order valence-corrected chi connectivity index (χ4v) is 1.92. The van der Waals surface area contributed by atoms with Crippen LogP contribution in [0.3, 0.4) is 0 Å². The second-order valence-electron chi connectivity index (χ2n) is 5.36. The number of hydrogen-bond acceptors (Lipinski definition) is 2. The second kappa shape index (κ2) is 6.01. The molecule has 3 heteroatoms. The molecular formula is C15H24N2O. The predicted octanol–water partition coefficient (Wildman–Crippen LogP) is 2.46. The number of carbonyl (C=O) groups excluding carboxylic acids is 1. The largest absolute Gasteiger partial charge is 0.348 e. The van der Waals surface area contributed by atoms with Gasteiger partial charge in [-0.15, -0.1) is 0 Å². The Morgan fingerprint density at radius 2 is 1.83 bits per heavy atom. The van der Waals surface area contributed by atoms with E-state index in [1.54, 1.807) is 0 Å². The number of amides is 1. The highest BCUT2D eigenvalue weighted by atomic mass is 16.2. The Balaban J connectivity index is 2.79. The molecule has 2 atom stereocenters. The van der Waals surface area contributed by atoms with Crippen molar-refractivity contribution in [3.63, 3.8) is 0 Å². The first kappa shape index (κ1) is 14.7. The van der Waals surface area contributed by atoms with E-state index in [-0.39, 0.29) is 17.9 Å². The van der Waals surface area contributed by atoms with Gasteiger partial charge < -0.3 is 11.1 Å². The second-order valence-corrected chi connectivity index (χ2v) is 5.36. The van der Waals surface area contributed by atoms with Gasteiger partial charge in [0.2, 0.25) is 5.91 Å². The highest BCUT2D eigenvalue weighted by molar-refractivity contribution is 5.82. The number of hydrogen-bond donors (Lipinski definition) is 2. The van der Waals surface area contributed by atoms with E-state index in [9.17, 15) is 4.79 Å². The van der Waals surface area contributed by atoms with E-state index < -0.39 is 6.04 Å². The van der Waals surface area contributed by atoms with Gasteiger partial charge in [-0.05, 0) is 37.8 Å². The van der Waals surface area contributed by atoms with Crippen LogP contribution in [0.5, 0.6) is 0 Å². The number of rotatable bonds is 4. The lowest BCUT2D eigenvalue weighted by atomic mass is 9.99. The van der Waals surface area contributed by atoms with E-state index in [4.69, 9.17) is 5.73 Å². The Morgan fingerprint density at radius 3 is 2.39 bits per heavy atom. The summed E-state index contributed by atoms with van der Waals surface area (Å²) in [5.41, 5.74) is 9.38. The van der Waals surface area contributed by atoms with E-state index in [1.807, 2.05) is 20.8 Å². The lowest BCUT2D eigenvalue weighted by molar-refractivity contribution is -0.123. The van der Waals surface area contributed by atoms with Crippen LogP contribution in [0.15, 0.2) is 18.2 Å². The van der Waals surface area contributed by atoms with Gasteiger partial charge in [-0.3, -0.25) is 4.79 Å². The molecular weight excluding hydrogens is 224 g/mol. The van der Waals surface area contributed by atoms with Gasteiger partial charge in [-0.25, -0.2) is 0 Å². The molecule has 1 aromatic carbocycles. The van der Waals surface area contributed by atoms with E-state index in [0.717, 1.165) is 5.56 Å². The third-order valence-corrected chi connectivity index (χ3v) is 3.28. The number of nitrogens with one attached hydrogen (secondary N) is 1. The summed E-state index contributed by atoms with van der Waals surface area (Å²) >= 11 is 0. The molecule has 1 aromatic rings. The molecule has 0 aromatic heterocycles. The summed E-state index contributed by atoms with van der Waals surface area (Å²) in [5, 5.41) is 2.98.